The molecule has 0 aliphatic heterocycles. The van der Waals surface area contributed by atoms with Gasteiger partial charge in [-0.15, -0.1) is 6.42 Å². The molecule has 96 valence electrons. The Bertz CT molecular complexity index is 457. The van der Waals surface area contributed by atoms with Gasteiger partial charge in [-0.05, 0) is 26.0 Å². The Morgan fingerprint density at radius 3 is 2.67 bits per heavy atom. The topological polar surface area (TPSA) is 55.8 Å². The number of ether oxygens (including phenoxy) is 2. The highest BCUT2D eigenvalue weighted by atomic mass is 16.5. The van der Waals surface area contributed by atoms with Gasteiger partial charge in [0.2, 0.25) is 0 Å². The van der Waals surface area contributed by atoms with Crippen molar-refractivity contribution >= 4 is 5.97 Å². The van der Waals surface area contributed by atoms with E-state index < -0.39 is 11.6 Å². The van der Waals surface area contributed by atoms with Gasteiger partial charge in [-0.25, -0.2) is 4.79 Å². The summed E-state index contributed by atoms with van der Waals surface area (Å²) < 4.78 is 10.8. The quantitative estimate of drug-likeness (QED) is 0.619. The van der Waals surface area contributed by atoms with E-state index in [9.17, 15) is 4.79 Å². The van der Waals surface area contributed by atoms with Gasteiger partial charge in [0.1, 0.15) is 23.5 Å². The first-order valence-electron chi connectivity index (χ1n) is 5.53. The number of rotatable bonds is 6. The van der Waals surface area contributed by atoms with Crippen molar-refractivity contribution in [3.05, 3.63) is 29.8 Å². The van der Waals surface area contributed by atoms with Gasteiger partial charge in [0.15, 0.2) is 0 Å². The van der Waals surface area contributed by atoms with E-state index in [4.69, 9.17) is 21.0 Å². The first-order chi connectivity index (χ1) is 8.46. The number of benzene rings is 1. The molecular weight excluding hydrogens is 232 g/mol. The zero-order chi connectivity index (χ0) is 13.6. The first kappa shape index (κ1) is 14.1. The van der Waals surface area contributed by atoms with Crippen molar-refractivity contribution in [2.45, 2.75) is 19.4 Å². The maximum absolute atomic E-state index is 10.9. The van der Waals surface area contributed by atoms with Gasteiger partial charge in [0.25, 0.3) is 0 Å². The van der Waals surface area contributed by atoms with Crippen LogP contribution in [0.2, 0.25) is 0 Å². The molecule has 0 saturated heterocycles. The lowest BCUT2D eigenvalue weighted by atomic mass is 10.1. The molecule has 4 heteroatoms. The minimum atomic E-state index is -1.02. The summed E-state index contributed by atoms with van der Waals surface area (Å²) in [6.07, 6.45) is 5.27. The molecule has 0 bridgehead atoms. The van der Waals surface area contributed by atoms with Crippen LogP contribution >= 0.6 is 0 Å². The largest absolute Gasteiger partial charge is 0.490 e. The van der Waals surface area contributed by atoms with Crippen LogP contribution in [0.5, 0.6) is 5.75 Å². The van der Waals surface area contributed by atoms with Crippen LogP contribution in [0.1, 0.15) is 24.2 Å². The molecule has 0 amide bonds. The van der Waals surface area contributed by atoms with Gasteiger partial charge < -0.3 is 14.6 Å². The number of carboxylic acids is 1. The summed E-state index contributed by atoms with van der Waals surface area (Å²) in [5.74, 6) is 1.81. The van der Waals surface area contributed by atoms with Crippen molar-refractivity contribution in [3.63, 3.8) is 0 Å². The Labute approximate surface area is 107 Å². The van der Waals surface area contributed by atoms with Gasteiger partial charge in [-0.2, -0.15) is 0 Å². The number of carboxylic acid groups (broad SMARTS) is 1. The molecule has 0 spiro atoms. The van der Waals surface area contributed by atoms with Crippen molar-refractivity contribution in [3.8, 4) is 18.1 Å². The minimum absolute atomic E-state index is 0.133. The van der Waals surface area contributed by atoms with E-state index in [0.717, 1.165) is 0 Å². The highest BCUT2D eigenvalue weighted by Gasteiger charge is 2.14. The predicted octanol–water partition coefficient (Wildman–Crippen LogP) is 2.19. The third-order valence-corrected chi connectivity index (χ3v) is 2.27. The van der Waals surface area contributed by atoms with Crippen LogP contribution in [-0.4, -0.2) is 29.9 Å². The lowest BCUT2D eigenvalue weighted by molar-refractivity contribution is 0.0102. The summed E-state index contributed by atoms with van der Waals surface area (Å²) in [5, 5.41) is 8.95. The summed E-state index contributed by atoms with van der Waals surface area (Å²) >= 11 is 0. The highest BCUT2D eigenvalue weighted by molar-refractivity contribution is 5.90. The molecule has 1 aromatic rings. The molecule has 1 rings (SSSR count). The van der Waals surface area contributed by atoms with Crippen LogP contribution < -0.4 is 4.74 Å². The van der Waals surface area contributed by atoms with Crippen LogP contribution in [0.3, 0.4) is 0 Å². The van der Waals surface area contributed by atoms with Crippen molar-refractivity contribution < 1.29 is 19.4 Å². The van der Waals surface area contributed by atoms with Crippen LogP contribution in [0.4, 0.5) is 0 Å². The van der Waals surface area contributed by atoms with Crippen molar-refractivity contribution in [2.24, 2.45) is 0 Å². The third-order valence-electron chi connectivity index (χ3n) is 2.27. The molecule has 0 radical (unpaired) electrons. The van der Waals surface area contributed by atoms with Crippen molar-refractivity contribution in [1.82, 2.24) is 0 Å². The molecular formula is C14H16O4. The van der Waals surface area contributed by atoms with Crippen LogP contribution in [-0.2, 0) is 4.74 Å². The van der Waals surface area contributed by atoms with Crippen LogP contribution in [0.15, 0.2) is 24.3 Å². The van der Waals surface area contributed by atoms with Gasteiger partial charge in [-0.1, -0.05) is 18.1 Å². The molecule has 0 atom stereocenters. The van der Waals surface area contributed by atoms with E-state index in [1.807, 2.05) is 0 Å². The second kappa shape index (κ2) is 6.08. The minimum Gasteiger partial charge on any atom is -0.490 e. The fraction of sp³-hybridized carbons (Fsp3) is 0.357. The predicted molar refractivity (Wildman–Crippen MR) is 67.8 cm³/mol. The summed E-state index contributed by atoms with van der Waals surface area (Å²) in [6, 6.07) is 6.46. The average Bonchev–Trinajstić information content (AvgIpc) is 2.35. The highest BCUT2D eigenvalue weighted by Crippen LogP contribution is 2.17. The summed E-state index contributed by atoms with van der Waals surface area (Å²) in [6.45, 7) is 4.09. The van der Waals surface area contributed by atoms with E-state index >= 15 is 0 Å². The number of hydrogen-bond acceptors (Lipinski definition) is 3. The van der Waals surface area contributed by atoms with Crippen molar-refractivity contribution in [2.75, 3.05) is 13.2 Å². The summed E-state index contributed by atoms with van der Waals surface area (Å²) in [5.41, 5.74) is -0.510. The molecule has 0 unspecified atom stereocenters. The first-order valence-corrected chi connectivity index (χ1v) is 5.53. The van der Waals surface area contributed by atoms with Gasteiger partial charge in [-0.3, -0.25) is 0 Å². The maximum atomic E-state index is 10.9. The van der Waals surface area contributed by atoms with E-state index in [-0.39, 0.29) is 12.2 Å². The fourth-order valence-electron chi connectivity index (χ4n) is 1.26. The van der Waals surface area contributed by atoms with E-state index in [1.54, 1.807) is 32.0 Å². The standard InChI is InChI=1S/C14H16O4/c1-4-14(2,3)18-10-9-17-12-8-6-5-7-11(12)13(15)16/h1,5-8H,9-10H2,2-3H3,(H,15,16). The van der Waals surface area contributed by atoms with Gasteiger partial charge in [0, 0.05) is 0 Å². The van der Waals surface area contributed by atoms with Gasteiger partial charge >= 0.3 is 5.97 Å². The summed E-state index contributed by atoms with van der Waals surface area (Å²) in [7, 11) is 0. The number of aromatic carboxylic acids is 1. The van der Waals surface area contributed by atoms with E-state index in [2.05, 4.69) is 5.92 Å². The average molecular weight is 248 g/mol. The molecule has 0 aliphatic carbocycles. The lowest BCUT2D eigenvalue weighted by Gasteiger charge is -2.18. The molecule has 0 heterocycles. The summed E-state index contributed by atoms with van der Waals surface area (Å²) in [4.78, 5) is 10.9. The smallest absolute Gasteiger partial charge is 0.339 e. The van der Waals surface area contributed by atoms with E-state index in [0.29, 0.717) is 12.4 Å². The molecule has 4 nitrogen and oxygen atoms in total. The Morgan fingerprint density at radius 1 is 1.39 bits per heavy atom. The third kappa shape index (κ3) is 4.11. The Hall–Kier alpha value is -1.99. The number of hydrogen-bond donors (Lipinski definition) is 1. The molecule has 1 N–H and O–H groups in total. The Kier molecular flexibility index (Phi) is 4.75. The Balaban J connectivity index is 2.50. The monoisotopic (exact) mass is 248 g/mol. The Morgan fingerprint density at radius 2 is 2.06 bits per heavy atom. The van der Waals surface area contributed by atoms with Crippen LogP contribution in [0, 0.1) is 12.3 Å². The maximum Gasteiger partial charge on any atom is 0.339 e. The second-order valence-corrected chi connectivity index (χ2v) is 4.15. The zero-order valence-corrected chi connectivity index (χ0v) is 10.5. The molecule has 18 heavy (non-hydrogen) atoms. The lowest BCUT2D eigenvalue weighted by Crippen LogP contribution is -2.24. The van der Waals surface area contributed by atoms with Crippen molar-refractivity contribution in [1.29, 1.82) is 0 Å². The SMILES string of the molecule is C#CC(C)(C)OCCOc1ccccc1C(=O)O. The molecule has 0 aliphatic rings. The zero-order valence-electron chi connectivity index (χ0n) is 10.5. The number of para-hydroxylation sites is 1. The number of terminal acetylenes is 1. The second-order valence-electron chi connectivity index (χ2n) is 4.15. The molecule has 0 saturated carbocycles. The molecule has 0 fully saturated rings. The molecule has 1 aromatic carbocycles. The van der Waals surface area contributed by atoms with Crippen LogP contribution in [0.25, 0.3) is 0 Å². The normalized spacial score (nSPS) is 10.7. The number of carbonyl (C=O) groups is 1. The molecule has 0 aromatic heterocycles. The fourth-order valence-corrected chi connectivity index (χ4v) is 1.26. The van der Waals surface area contributed by atoms with Gasteiger partial charge in [0.05, 0.1) is 6.61 Å². The van der Waals surface area contributed by atoms with E-state index in [1.165, 1.54) is 6.07 Å².